The Morgan fingerprint density at radius 2 is 1.80 bits per heavy atom. The van der Waals surface area contributed by atoms with Gasteiger partial charge in [-0.25, -0.2) is 9.97 Å². The van der Waals surface area contributed by atoms with Crippen molar-refractivity contribution in [1.82, 2.24) is 9.97 Å². The van der Waals surface area contributed by atoms with Crippen LogP contribution < -0.4 is 10.6 Å². The standard InChI is InChI=1S/C13H13F3N4/c1-2-20(9-6-4-3-5-7-9)11-8-10(17)18-12(19-11)13(14,15)16/h3-8H,2H2,1H3,(H2,17,18,19). The van der Waals surface area contributed by atoms with Crippen LogP contribution in [0.2, 0.25) is 0 Å². The first-order valence-electron chi connectivity index (χ1n) is 5.96. The Morgan fingerprint density at radius 1 is 1.15 bits per heavy atom. The van der Waals surface area contributed by atoms with Gasteiger partial charge in [-0.1, -0.05) is 18.2 Å². The fraction of sp³-hybridized carbons (Fsp3) is 0.231. The highest BCUT2D eigenvalue weighted by Gasteiger charge is 2.35. The second-order valence-electron chi connectivity index (χ2n) is 4.05. The Bertz CT molecular complexity index is 584. The number of anilines is 3. The van der Waals surface area contributed by atoms with Gasteiger partial charge in [0, 0.05) is 18.3 Å². The predicted octanol–water partition coefficient (Wildman–Crippen LogP) is 3.24. The molecule has 0 fully saturated rings. The van der Waals surface area contributed by atoms with Crippen LogP contribution in [0.5, 0.6) is 0 Å². The molecule has 4 nitrogen and oxygen atoms in total. The molecule has 1 aromatic carbocycles. The summed E-state index contributed by atoms with van der Waals surface area (Å²) in [5.41, 5.74) is 6.19. The molecule has 2 N–H and O–H groups in total. The van der Waals surface area contributed by atoms with Gasteiger partial charge >= 0.3 is 6.18 Å². The molecule has 0 amide bonds. The van der Waals surface area contributed by atoms with Crippen LogP contribution in [0.3, 0.4) is 0 Å². The summed E-state index contributed by atoms with van der Waals surface area (Å²) in [6.07, 6.45) is -4.62. The monoisotopic (exact) mass is 282 g/mol. The molecule has 20 heavy (non-hydrogen) atoms. The first kappa shape index (κ1) is 14.1. The van der Waals surface area contributed by atoms with Crippen molar-refractivity contribution >= 4 is 17.3 Å². The molecule has 0 aliphatic carbocycles. The summed E-state index contributed by atoms with van der Waals surface area (Å²) in [4.78, 5) is 8.42. The van der Waals surface area contributed by atoms with E-state index < -0.39 is 12.0 Å². The first-order chi connectivity index (χ1) is 9.41. The van der Waals surface area contributed by atoms with Crippen molar-refractivity contribution in [2.24, 2.45) is 0 Å². The van der Waals surface area contributed by atoms with E-state index in [1.807, 2.05) is 13.0 Å². The average molecular weight is 282 g/mol. The fourth-order valence-corrected chi connectivity index (χ4v) is 1.80. The molecule has 0 saturated heterocycles. The molecule has 1 heterocycles. The van der Waals surface area contributed by atoms with Crippen LogP contribution in [0.25, 0.3) is 0 Å². The molecule has 106 valence electrons. The number of nitrogens with two attached hydrogens (primary N) is 1. The van der Waals surface area contributed by atoms with E-state index in [9.17, 15) is 13.2 Å². The van der Waals surface area contributed by atoms with Gasteiger partial charge in [-0.3, -0.25) is 0 Å². The number of halogens is 3. The maximum atomic E-state index is 12.7. The van der Waals surface area contributed by atoms with Crippen molar-refractivity contribution in [2.75, 3.05) is 17.2 Å². The smallest absolute Gasteiger partial charge is 0.384 e. The molecule has 2 rings (SSSR count). The molecule has 0 unspecified atom stereocenters. The molecular formula is C13H13F3N4. The van der Waals surface area contributed by atoms with E-state index in [-0.39, 0.29) is 11.6 Å². The second kappa shape index (κ2) is 5.36. The molecule has 0 atom stereocenters. The minimum Gasteiger partial charge on any atom is -0.384 e. The van der Waals surface area contributed by atoms with E-state index in [4.69, 9.17) is 5.73 Å². The lowest BCUT2D eigenvalue weighted by Gasteiger charge is -2.22. The quantitative estimate of drug-likeness (QED) is 0.939. The van der Waals surface area contributed by atoms with Crippen LogP contribution in [0, 0.1) is 0 Å². The maximum absolute atomic E-state index is 12.7. The zero-order chi connectivity index (χ0) is 14.8. The van der Waals surface area contributed by atoms with Crippen LogP contribution in [0.1, 0.15) is 12.7 Å². The molecule has 1 aromatic heterocycles. The zero-order valence-electron chi connectivity index (χ0n) is 10.7. The minimum absolute atomic E-state index is 0.124. The van der Waals surface area contributed by atoms with Crippen LogP contribution in [0.15, 0.2) is 36.4 Å². The third kappa shape index (κ3) is 2.98. The van der Waals surface area contributed by atoms with Gasteiger partial charge in [0.05, 0.1) is 0 Å². The predicted molar refractivity (Wildman–Crippen MR) is 70.6 cm³/mol. The third-order valence-electron chi connectivity index (χ3n) is 2.65. The molecule has 0 aliphatic rings. The van der Waals surface area contributed by atoms with Gasteiger partial charge in [-0.05, 0) is 19.1 Å². The minimum atomic E-state index is -4.62. The number of alkyl halides is 3. The summed E-state index contributed by atoms with van der Waals surface area (Å²) >= 11 is 0. The lowest BCUT2D eigenvalue weighted by molar-refractivity contribution is -0.144. The van der Waals surface area contributed by atoms with Gasteiger partial charge in [0.15, 0.2) is 0 Å². The Kier molecular flexibility index (Phi) is 3.78. The highest BCUT2D eigenvalue weighted by Crippen LogP contribution is 2.30. The third-order valence-corrected chi connectivity index (χ3v) is 2.65. The lowest BCUT2D eigenvalue weighted by atomic mass is 10.3. The summed E-state index contributed by atoms with van der Waals surface area (Å²) in [6.45, 7) is 2.27. The van der Waals surface area contributed by atoms with Gasteiger partial charge in [0.2, 0.25) is 5.82 Å². The number of hydrogen-bond acceptors (Lipinski definition) is 4. The van der Waals surface area contributed by atoms with Gasteiger partial charge in [-0.15, -0.1) is 0 Å². The van der Waals surface area contributed by atoms with Crippen molar-refractivity contribution in [3.63, 3.8) is 0 Å². The number of aromatic nitrogens is 2. The maximum Gasteiger partial charge on any atom is 0.451 e. The SMILES string of the molecule is CCN(c1ccccc1)c1cc(N)nc(C(F)(F)F)n1. The molecule has 2 aromatic rings. The zero-order valence-corrected chi connectivity index (χ0v) is 10.7. The van der Waals surface area contributed by atoms with Crippen LogP contribution >= 0.6 is 0 Å². The molecular weight excluding hydrogens is 269 g/mol. The molecule has 0 spiro atoms. The largest absolute Gasteiger partial charge is 0.451 e. The van der Waals surface area contributed by atoms with Crippen LogP contribution in [0.4, 0.5) is 30.5 Å². The first-order valence-corrected chi connectivity index (χ1v) is 5.96. The number of para-hydroxylation sites is 1. The van der Waals surface area contributed by atoms with Crippen LogP contribution in [-0.2, 0) is 6.18 Å². The van der Waals surface area contributed by atoms with Crippen LogP contribution in [-0.4, -0.2) is 16.5 Å². The summed E-state index contributed by atoms with van der Waals surface area (Å²) in [5.74, 6) is -1.32. The van der Waals surface area contributed by atoms with Crippen molar-refractivity contribution in [2.45, 2.75) is 13.1 Å². The van der Waals surface area contributed by atoms with E-state index in [0.717, 1.165) is 5.69 Å². The number of nitrogens with zero attached hydrogens (tertiary/aromatic N) is 3. The molecule has 0 radical (unpaired) electrons. The highest BCUT2D eigenvalue weighted by molar-refractivity contribution is 5.61. The van der Waals surface area contributed by atoms with E-state index in [0.29, 0.717) is 6.54 Å². The van der Waals surface area contributed by atoms with E-state index in [2.05, 4.69) is 9.97 Å². The summed E-state index contributed by atoms with van der Waals surface area (Å²) in [5, 5.41) is 0. The summed E-state index contributed by atoms with van der Waals surface area (Å²) in [7, 11) is 0. The topological polar surface area (TPSA) is 55.0 Å². The lowest BCUT2D eigenvalue weighted by Crippen LogP contribution is -2.21. The van der Waals surface area contributed by atoms with Gasteiger partial charge in [-0.2, -0.15) is 13.2 Å². The summed E-state index contributed by atoms with van der Waals surface area (Å²) in [6, 6.07) is 10.3. The van der Waals surface area contributed by atoms with E-state index in [1.165, 1.54) is 6.07 Å². The average Bonchev–Trinajstić information content (AvgIpc) is 2.39. The van der Waals surface area contributed by atoms with Crippen molar-refractivity contribution < 1.29 is 13.2 Å². The Labute approximate surface area is 114 Å². The highest BCUT2D eigenvalue weighted by atomic mass is 19.4. The summed E-state index contributed by atoms with van der Waals surface area (Å²) < 4.78 is 38.2. The Morgan fingerprint density at radius 3 is 2.35 bits per heavy atom. The fourth-order valence-electron chi connectivity index (χ4n) is 1.80. The molecule has 0 aliphatic heterocycles. The normalized spacial score (nSPS) is 11.4. The molecule has 0 saturated carbocycles. The van der Waals surface area contributed by atoms with Crippen molar-refractivity contribution in [1.29, 1.82) is 0 Å². The van der Waals surface area contributed by atoms with Gasteiger partial charge in [0.1, 0.15) is 11.6 Å². The van der Waals surface area contributed by atoms with Gasteiger partial charge in [0.25, 0.3) is 0 Å². The van der Waals surface area contributed by atoms with E-state index in [1.54, 1.807) is 29.2 Å². The Hall–Kier alpha value is -2.31. The van der Waals surface area contributed by atoms with Crippen molar-refractivity contribution in [3.8, 4) is 0 Å². The van der Waals surface area contributed by atoms with Gasteiger partial charge < -0.3 is 10.6 Å². The van der Waals surface area contributed by atoms with E-state index >= 15 is 0 Å². The number of hydrogen-bond donors (Lipinski definition) is 1. The van der Waals surface area contributed by atoms with Crippen molar-refractivity contribution in [3.05, 3.63) is 42.2 Å². The number of nitrogen functional groups attached to an aromatic ring is 1. The number of benzene rings is 1. The second-order valence-corrected chi connectivity index (χ2v) is 4.05. The molecule has 7 heteroatoms. The number of rotatable bonds is 3. The molecule has 0 bridgehead atoms. The Balaban J connectivity index is 2.48.